The maximum atomic E-state index is 11.9. The van der Waals surface area contributed by atoms with Crippen LogP contribution in [0.4, 0.5) is 5.69 Å². The van der Waals surface area contributed by atoms with Crippen molar-refractivity contribution in [2.75, 3.05) is 7.11 Å². The zero-order valence-electron chi connectivity index (χ0n) is 12.9. The molecule has 25 heavy (non-hydrogen) atoms. The summed E-state index contributed by atoms with van der Waals surface area (Å²) in [5, 5.41) is 18.3. The molecule has 3 aromatic rings. The second-order valence-corrected chi connectivity index (χ2v) is 4.80. The zero-order valence-corrected chi connectivity index (χ0v) is 12.9. The van der Waals surface area contributed by atoms with Gasteiger partial charge in [0.05, 0.1) is 12.0 Å². The minimum atomic E-state index is -0.744. The first-order chi connectivity index (χ1) is 12.1. The fourth-order valence-electron chi connectivity index (χ4n) is 2.11. The second kappa shape index (κ2) is 6.79. The molecule has 3 rings (SSSR count). The third kappa shape index (κ3) is 3.44. The number of hydrogen-bond donors (Lipinski definition) is 0. The number of nitro benzene ring substituents is 1. The van der Waals surface area contributed by atoms with Crippen molar-refractivity contribution in [1.82, 2.24) is 10.2 Å². The lowest BCUT2D eigenvalue weighted by Crippen LogP contribution is -2.04. The highest BCUT2D eigenvalue weighted by Crippen LogP contribution is 2.31. The molecule has 0 unspecified atom stereocenters. The Morgan fingerprint density at radius 3 is 2.76 bits per heavy atom. The van der Waals surface area contributed by atoms with Gasteiger partial charge in [-0.2, -0.15) is 0 Å². The third-order valence-corrected chi connectivity index (χ3v) is 3.25. The maximum absolute atomic E-state index is 11.9. The maximum Gasteiger partial charge on any atom is 0.341 e. The van der Waals surface area contributed by atoms with Crippen molar-refractivity contribution in [3.05, 3.63) is 64.5 Å². The van der Waals surface area contributed by atoms with Crippen molar-refractivity contribution < 1.29 is 23.6 Å². The van der Waals surface area contributed by atoms with Crippen LogP contribution in [0.1, 0.15) is 10.4 Å². The highest BCUT2D eigenvalue weighted by Gasteiger charge is 2.19. The molecule has 0 saturated heterocycles. The highest BCUT2D eigenvalue weighted by atomic mass is 16.6. The van der Waals surface area contributed by atoms with Gasteiger partial charge in [0.15, 0.2) is 0 Å². The number of esters is 1. The number of methoxy groups -OCH3 is 1. The Morgan fingerprint density at radius 2 is 2.08 bits per heavy atom. The molecule has 0 saturated carbocycles. The molecule has 0 N–H and O–H groups in total. The average molecular weight is 341 g/mol. The van der Waals surface area contributed by atoms with Crippen LogP contribution in [0.15, 0.2) is 53.3 Å². The molecule has 0 fully saturated rings. The molecular weight excluding hydrogens is 330 g/mol. The number of nitro groups is 1. The van der Waals surface area contributed by atoms with E-state index in [1.807, 2.05) is 0 Å². The monoisotopic (exact) mass is 341 g/mol. The van der Waals surface area contributed by atoms with Gasteiger partial charge < -0.3 is 13.9 Å². The van der Waals surface area contributed by atoms with Gasteiger partial charge in [0, 0.05) is 17.7 Å². The van der Waals surface area contributed by atoms with E-state index in [2.05, 4.69) is 14.9 Å². The first-order valence-corrected chi connectivity index (χ1v) is 6.99. The van der Waals surface area contributed by atoms with E-state index in [0.717, 1.165) is 6.07 Å². The molecule has 0 bridgehead atoms. The molecule has 9 heteroatoms. The molecule has 9 nitrogen and oxygen atoms in total. The first kappa shape index (κ1) is 16.1. The molecule has 0 aliphatic rings. The number of hydrogen-bond acceptors (Lipinski definition) is 8. The Balaban J connectivity index is 1.96. The highest BCUT2D eigenvalue weighted by molar-refractivity contribution is 5.93. The largest absolute Gasteiger partial charge is 0.465 e. The Bertz CT molecular complexity index is 923. The van der Waals surface area contributed by atoms with Crippen LogP contribution in [0, 0.1) is 10.1 Å². The summed E-state index contributed by atoms with van der Waals surface area (Å²) in [4.78, 5) is 22.2. The molecule has 2 aromatic carbocycles. The van der Waals surface area contributed by atoms with Crippen LogP contribution in [-0.4, -0.2) is 28.2 Å². The van der Waals surface area contributed by atoms with Gasteiger partial charge in [-0.1, -0.05) is 6.07 Å². The summed E-state index contributed by atoms with van der Waals surface area (Å²) in [6.07, 6.45) is 1.20. The lowest BCUT2D eigenvalue weighted by molar-refractivity contribution is -0.384. The topological polar surface area (TPSA) is 118 Å². The number of nitrogens with zero attached hydrogens (tertiary/aromatic N) is 3. The fraction of sp³-hybridized carbons (Fsp3) is 0.0625. The molecular formula is C16H11N3O6. The normalized spacial score (nSPS) is 10.3. The first-order valence-electron chi connectivity index (χ1n) is 6.99. The summed E-state index contributed by atoms with van der Waals surface area (Å²) in [5.74, 6) is 0.0731. The van der Waals surface area contributed by atoms with Gasteiger partial charge >= 0.3 is 5.97 Å². The van der Waals surface area contributed by atoms with E-state index < -0.39 is 10.9 Å². The lowest BCUT2D eigenvalue weighted by Gasteiger charge is -2.10. The number of benzene rings is 2. The number of aromatic nitrogens is 2. The lowest BCUT2D eigenvalue weighted by atomic mass is 10.1. The minimum absolute atomic E-state index is 0.0557. The predicted molar refractivity (Wildman–Crippen MR) is 84.2 cm³/mol. The summed E-state index contributed by atoms with van der Waals surface area (Å²) in [5.41, 5.74) is 0.323. The van der Waals surface area contributed by atoms with Crippen LogP contribution in [-0.2, 0) is 4.74 Å². The van der Waals surface area contributed by atoms with Crippen LogP contribution >= 0.6 is 0 Å². The smallest absolute Gasteiger partial charge is 0.341 e. The van der Waals surface area contributed by atoms with Gasteiger partial charge in [-0.3, -0.25) is 10.1 Å². The van der Waals surface area contributed by atoms with Gasteiger partial charge in [0.2, 0.25) is 12.3 Å². The fourth-order valence-corrected chi connectivity index (χ4v) is 2.11. The molecule has 0 aliphatic carbocycles. The molecule has 0 aliphatic heterocycles. The number of carbonyl (C=O) groups is 1. The van der Waals surface area contributed by atoms with Crippen molar-refractivity contribution in [2.24, 2.45) is 0 Å². The molecule has 1 aromatic heterocycles. The summed E-state index contributed by atoms with van der Waals surface area (Å²) in [6, 6.07) is 10.4. The van der Waals surface area contributed by atoms with Gasteiger partial charge in [-0.05, 0) is 24.3 Å². The van der Waals surface area contributed by atoms with Crippen molar-refractivity contribution in [1.29, 1.82) is 0 Å². The van der Waals surface area contributed by atoms with Gasteiger partial charge in [-0.25, -0.2) is 4.79 Å². The van der Waals surface area contributed by atoms with Gasteiger partial charge in [0.1, 0.15) is 17.1 Å². The van der Waals surface area contributed by atoms with Crippen LogP contribution in [0.3, 0.4) is 0 Å². The van der Waals surface area contributed by atoms with Crippen LogP contribution in [0.2, 0.25) is 0 Å². The van der Waals surface area contributed by atoms with Crippen LogP contribution in [0.25, 0.3) is 11.5 Å². The van der Waals surface area contributed by atoms with Crippen molar-refractivity contribution in [3.8, 4) is 23.0 Å². The quantitative estimate of drug-likeness (QED) is 0.394. The van der Waals surface area contributed by atoms with E-state index in [1.54, 1.807) is 24.3 Å². The molecule has 0 radical (unpaired) electrons. The Hall–Kier alpha value is -3.75. The number of rotatable bonds is 5. The Morgan fingerprint density at radius 1 is 1.24 bits per heavy atom. The molecule has 126 valence electrons. The van der Waals surface area contributed by atoms with E-state index in [4.69, 9.17) is 9.15 Å². The van der Waals surface area contributed by atoms with E-state index in [-0.39, 0.29) is 17.0 Å². The number of ether oxygens (including phenoxy) is 2. The second-order valence-electron chi connectivity index (χ2n) is 4.80. The number of non-ortho nitro benzene ring substituents is 1. The molecule has 0 amide bonds. The molecule has 0 atom stereocenters. The van der Waals surface area contributed by atoms with Crippen LogP contribution in [0.5, 0.6) is 11.5 Å². The summed E-state index contributed by atoms with van der Waals surface area (Å²) < 4.78 is 15.5. The molecule has 0 spiro atoms. The summed E-state index contributed by atoms with van der Waals surface area (Å²) in [6.45, 7) is 0. The Kier molecular flexibility index (Phi) is 4.38. The minimum Gasteiger partial charge on any atom is -0.465 e. The van der Waals surface area contributed by atoms with Gasteiger partial charge in [-0.15, -0.1) is 10.2 Å². The van der Waals surface area contributed by atoms with E-state index in [0.29, 0.717) is 17.2 Å². The number of carbonyl (C=O) groups excluding carboxylic acids is 1. The van der Waals surface area contributed by atoms with Crippen molar-refractivity contribution in [3.63, 3.8) is 0 Å². The Labute approximate surface area is 141 Å². The van der Waals surface area contributed by atoms with E-state index >= 15 is 0 Å². The van der Waals surface area contributed by atoms with Crippen LogP contribution < -0.4 is 4.74 Å². The standard InChI is InChI=1S/C16H11N3O6/c1-23-16(20)13-8-11(19(21)22)5-6-14(13)25-12-4-2-3-10(7-12)15-18-17-9-24-15/h2-9H,1H3. The summed E-state index contributed by atoms with van der Waals surface area (Å²) >= 11 is 0. The van der Waals surface area contributed by atoms with Crippen molar-refractivity contribution in [2.45, 2.75) is 0 Å². The summed E-state index contributed by atoms with van der Waals surface area (Å²) in [7, 11) is 1.18. The zero-order chi connectivity index (χ0) is 17.8. The van der Waals surface area contributed by atoms with E-state index in [1.165, 1.54) is 25.6 Å². The van der Waals surface area contributed by atoms with E-state index in [9.17, 15) is 14.9 Å². The third-order valence-electron chi connectivity index (χ3n) is 3.25. The van der Waals surface area contributed by atoms with Crippen molar-refractivity contribution >= 4 is 11.7 Å². The van der Waals surface area contributed by atoms with Gasteiger partial charge in [0.25, 0.3) is 5.69 Å². The molecule has 1 heterocycles. The predicted octanol–water partition coefficient (Wildman–Crippen LogP) is 3.22. The SMILES string of the molecule is COC(=O)c1cc([N+](=O)[O-])ccc1Oc1cccc(-c2nnco2)c1. The average Bonchev–Trinajstić information content (AvgIpc) is 3.16.